The normalized spacial score (nSPS) is 15.1. The number of rotatable bonds is 3. The molecular weight excluding hydrogens is 355 g/mol. The molecule has 0 aliphatic carbocycles. The van der Waals surface area contributed by atoms with Gasteiger partial charge >= 0.3 is 0 Å². The summed E-state index contributed by atoms with van der Waals surface area (Å²) >= 11 is 9.55. The summed E-state index contributed by atoms with van der Waals surface area (Å²) in [7, 11) is 0. The third-order valence-electron chi connectivity index (χ3n) is 3.90. The van der Waals surface area contributed by atoms with Crippen molar-refractivity contribution in [3.8, 4) is 0 Å². The van der Waals surface area contributed by atoms with Crippen LogP contribution in [0.3, 0.4) is 0 Å². The van der Waals surface area contributed by atoms with Crippen molar-refractivity contribution in [3.05, 3.63) is 62.8 Å². The van der Waals surface area contributed by atoms with Crippen molar-refractivity contribution < 1.29 is 4.39 Å². The molecule has 0 spiro atoms. The molecule has 2 aromatic carbocycles. The zero-order valence-corrected chi connectivity index (χ0v) is 13.7. The lowest BCUT2D eigenvalue weighted by molar-refractivity contribution is 0.621. The van der Waals surface area contributed by atoms with Crippen molar-refractivity contribution in [1.29, 1.82) is 0 Å². The van der Waals surface area contributed by atoms with Crippen molar-refractivity contribution in [3.63, 3.8) is 0 Å². The maximum atomic E-state index is 13.6. The first kappa shape index (κ1) is 14.8. The largest absolute Gasteiger partial charge is 0.363 e. The highest BCUT2D eigenvalue weighted by Gasteiger charge is 2.27. The molecule has 2 aromatic rings. The van der Waals surface area contributed by atoms with Crippen LogP contribution in [0, 0.1) is 5.82 Å². The second-order valence-electron chi connectivity index (χ2n) is 5.13. The van der Waals surface area contributed by atoms with E-state index < -0.39 is 0 Å². The molecule has 0 amide bonds. The van der Waals surface area contributed by atoms with Gasteiger partial charge in [-0.3, -0.25) is 0 Å². The minimum Gasteiger partial charge on any atom is -0.363 e. The molecule has 1 aliphatic heterocycles. The summed E-state index contributed by atoms with van der Waals surface area (Å²) in [5, 5.41) is 0.675. The Morgan fingerprint density at radius 3 is 2.81 bits per heavy atom. The average Bonchev–Trinajstić information content (AvgIpc) is 2.85. The first-order valence-corrected chi connectivity index (χ1v) is 7.97. The molecule has 2 N–H and O–H groups in total. The minimum absolute atomic E-state index is 0.000285. The molecule has 1 atom stereocenters. The molecule has 1 heterocycles. The number of nitrogens with two attached hydrogens (primary N) is 1. The molecule has 1 unspecified atom stereocenters. The van der Waals surface area contributed by atoms with Gasteiger partial charge in [0.25, 0.3) is 0 Å². The summed E-state index contributed by atoms with van der Waals surface area (Å²) in [5.41, 5.74) is 9.17. The Hall–Kier alpha value is -1.10. The van der Waals surface area contributed by atoms with E-state index in [1.165, 1.54) is 11.6 Å². The van der Waals surface area contributed by atoms with E-state index in [-0.39, 0.29) is 11.9 Å². The number of hydrogen-bond donors (Lipinski definition) is 1. The van der Waals surface area contributed by atoms with E-state index in [1.54, 1.807) is 6.07 Å². The Labute approximate surface area is 136 Å². The average molecular weight is 370 g/mol. The molecule has 0 radical (unpaired) electrons. The van der Waals surface area contributed by atoms with E-state index in [4.69, 9.17) is 17.3 Å². The minimum atomic E-state index is -0.216. The van der Waals surface area contributed by atoms with Gasteiger partial charge in [0.15, 0.2) is 0 Å². The Morgan fingerprint density at radius 1 is 1.29 bits per heavy atom. The lowest BCUT2D eigenvalue weighted by Crippen LogP contribution is -2.32. The SMILES string of the molecule is NCC(c1ccc(Cl)cc1Br)N1CCc2ccc(F)cc21. The van der Waals surface area contributed by atoms with Crippen molar-refractivity contribution in [1.82, 2.24) is 0 Å². The van der Waals surface area contributed by atoms with Gasteiger partial charge in [-0.15, -0.1) is 0 Å². The molecule has 110 valence electrons. The number of halogens is 3. The predicted octanol–water partition coefficient (Wildman–Crippen LogP) is 4.30. The van der Waals surface area contributed by atoms with Gasteiger partial charge in [-0.2, -0.15) is 0 Å². The summed E-state index contributed by atoms with van der Waals surface area (Å²) in [5.74, 6) is -0.216. The Bertz CT molecular complexity index is 677. The van der Waals surface area contributed by atoms with E-state index in [0.717, 1.165) is 28.7 Å². The summed E-state index contributed by atoms with van der Waals surface area (Å²) in [4.78, 5) is 2.17. The van der Waals surface area contributed by atoms with E-state index in [2.05, 4.69) is 20.8 Å². The topological polar surface area (TPSA) is 29.3 Å². The van der Waals surface area contributed by atoms with Crippen LogP contribution in [0.4, 0.5) is 10.1 Å². The third kappa shape index (κ3) is 2.80. The van der Waals surface area contributed by atoms with Gasteiger partial charge in [-0.25, -0.2) is 4.39 Å². The second kappa shape index (κ2) is 5.95. The molecule has 0 saturated carbocycles. The van der Waals surface area contributed by atoms with E-state index in [0.29, 0.717) is 11.6 Å². The summed E-state index contributed by atoms with van der Waals surface area (Å²) < 4.78 is 14.5. The Kier molecular flexibility index (Phi) is 4.20. The number of benzene rings is 2. The molecule has 0 aromatic heterocycles. The molecule has 3 rings (SSSR count). The van der Waals surface area contributed by atoms with Crippen LogP contribution < -0.4 is 10.6 Å². The maximum Gasteiger partial charge on any atom is 0.125 e. The fourth-order valence-electron chi connectivity index (χ4n) is 2.89. The van der Waals surface area contributed by atoms with E-state index in [1.807, 2.05) is 24.3 Å². The van der Waals surface area contributed by atoms with Gasteiger partial charge in [-0.1, -0.05) is 39.7 Å². The van der Waals surface area contributed by atoms with Crippen LogP contribution >= 0.6 is 27.5 Å². The van der Waals surface area contributed by atoms with Crippen LogP contribution in [0.2, 0.25) is 5.02 Å². The Balaban J connectivity index is 2.01. The zero-order valence-electron chi connectivity index (χ0n) is 11.3. The van der Waals surface area contributed by atoms with Crippen molar-refractivity contribution in [2.75, 3.05) is 18.0 Å². The highest BCUT2D eigenvalue weighted by Crippen LogP contribution is 2.37. The monoisotopic (exact) mass is 368 g/mol. The van der Waals surface area contributed by atoms with Crippen LogP contribution in [-0.2, 0) is 6.42 Å². The van der Waals surface area contributed by atoms with Gasteiger partial charge in [-0.05, 0) is 41.8 Å². The maximum absolute atomic E-state index is 13.6. The summed E-state index contributed by atoms with van der Waals surface area (Å²) in [6.45, 7) is 1.30. The van der Waals surface area contributed by atoms with Gasteiger partial charge in [0, 0.05) is 28.3 Å². The van der Waals surface area contributed by atoms with Crippen molar-refractivity contribution in [2.24, 2.45) is 5.73 Å². The second-order valence-corrected chi connectivity index (χ2v) is 6.42. The third-order valence-corrected chi connectivity index (χ3v) is 4.82. The number of nitrogens with zero attached hydrogens (tertiary/aromatic N) is 1. The highest BCUT2D eigenvalue weighted by atomic mass is 79.9. The first-order chi connectivity index (χ1) is 10.1. The highest BCUT2D eigenvalue weighted by molar-refractivity contribution is 9.10. The number of hydrogen-bond acceptors (Lipinski definition) is 2. The summed E-state index contributed by atoms with van der Waals surface area (Å²) in [6.07, 6.45) is 0.914. The van der Waals surface area contributed by atoms with E-state index >= 15 is 0 Å². The number of anilines is 1. The van der Waals surface area contributed by atoms with Crippen LogP contribution in [0.1, 0.15) is 17.2 Å². The quantitative estimate of drug-likeness (QED) is 0.874. The van der Waals surface area contributed by atoms with Crippen LogP contribution in [-0.4, -0.2) is 13.1 Å². The molecule has 1 aliphatic rings. The van der Waals surface area contributed by atoms with Crippen molar-refractivity contribution in [2.45, 2.75) is 12.5 Å². The number of fused-ring (bicyclic) bond motifs is 1. The van der Waals surface area contributed by atoms with Gasteiger partial charge in [0.1, 0.15) is 5.82 Å². The molecule has 0 bridgehead atoms. The predicted molar refractivity (Wildman–Crippen MR) is 88.4 cm³/mol. The molecular formula is C16H15BrClFN2. The zero-order chi connectivity index (χ0) is 15.0. The van der Waals surface area contributed by atoms with Gasteiger partial charge in [0.05, 0.1) is 6.04 Å². The standard InChI is InChI=1S/C16H15BrClFN2/c17-14-7-11(18)2-4-13(14)16(9-20)21-6-5-10-1-3-12(19)8-15(10)21/h1-4,7-8,16H,5-6,9,20H2. The van der Waals surface area contributed by atoms with E-state index in [9.17, 15) is 4.39 Å². The molecule has 0 saturated heterocycles. The smallest absolute Gasteiger partial charge is 0.125 e. The lowest BCUT2D eigenvalue weighted by Gasteiger charge is -2.30. The van der Waals surface area contributed by atoms with Crippen LogP contribution in [0.5, 0.6) is 0 Å². The first-order valence-electron chi connectivity index (χ1n) is 6.80. The Morgan fingerprint density at radius 2 is 2.10 bits per heavy atom. The fourth-order valence-corrected chi connectivity index (χ4v) is 3.84. The van der Waals surface area contributed by atoms with Gasteiger partial charge in [0.2, 0.25) is 0 Å². The molecule has 0 fully saturated rings. The lowest BCUT2D eigenvalue weighted by atomic mass is 10.1. The van der Waals surface area contributed by atoms with Crippen LogP contribution in [0.25, 0.3) is 0 Å². The van der Waals surface area contributed by atoms with Crippen molar-refractivity contribution >= 4 is 33.2 Å². The van der Waals surface area contributed by atoms with Gasteiger partial charge < -0.3 is 10.6 Å². The fraction of sp³-hybridized carbons (Fsp3) is 0.250. The van der Waals surface area contributed by atoms with Crippen LogP contribution in [0.15, 0.2) is 40.9 Å². The molecule has 2 nitrogen and oxygen atoms in total. The molecule has 21 heavy (non-hydrogen) atoms. The molecule has 5 heteroatoms. The summed E-state index contributed by atoms with van der Waals surface area (Å²) in [6, 6.07) is 10.7.